The van der Waals surface area contributed by atoms with Crippen LogP contribution in [-0.4, -0.2) is 25.0 Å². The Hall–Kier alpha value is -1.65. The van der Waals surface area contributed by atoms with Crippen LogP contribution < -0.4 is 0 Å². The van der Waals surface area contributed by atoms with Crippen LogP contribution in [-0.2, 0) is 17.9 Å². The Morgan fingerprint density at radius 3 is 2.67 bits per heavy atom. The van der Waals surface area contributed by atoms with E-state index in [-0.39, 0.29) is 5.91 Å². The molecule has 0 N–H and O–H groups in total. The number of hydrogen-bond donors (Lipinski definition) is 0. The van der Waals surface area contributed by atoms with Crippen molar-refractivity contribution in [2.75, 3.05) is 14.2 Å². The van der Waals surface area contributed by atoms with Gasteiger partial charge in [-0.1, -0.05) is 46.3 Å². The molecule has 0 saturated heterocycles. The Balaban J connectivity index is 2.12. The molecule has 2 aromatic rings. The number of rotatable bonds is 5. The molecular weight excluding hydrogens is 330 g/mol. The molecule has 0 radical (unpaired) electrons. The van der Waals surface area contributed by atoms with Crippen LogP contribution >= 0.6 is 15.9 Å². The number of ether oxygens (including phenoxy) is 1. The van der Waals surface area contributed by atoms with E-state index in [1.165, 1.54) is 0 Å². The fourth-order valence-corrected chi connectivity index (χ4v) is 2.55. The summed E-state index contributed by atoms with van der Waals surface area (Å²) in [5.74, 6) is 0.00343. The molecule has 0 fully saturated rings. The monoisotopic (exact) mass is 347 g/mol. The van der Waals surface area contributed by atoms with Crippen LogP contribution in [0.25, 0.3) is 0 Å². The fourth-order valence-electron chi connectivity index (χ4n) is 2.14. The van der Waals surface area contributed by atoms with Crippen LogP contribution in [0, 0.1) is 0 Å². The van der Waals surface area contributed by atoms with E-state index in [0.29, 0.717) is 18.7 Å². The molecule has 4 heteroatoms. The third-order valence-corrected chi connectivity index (χ3v) is 3.97. The van der Waals surface area contributed by atoms with Crippen molar-refractivity contribution in [2.24, 2.45) is 0 Å². The van der Waals surface area contributed by atoms with E-state index in [2.05, 4.69) is 15.9 Å². The average molecular weight is 348 g/mol. The highest BCUT2D eigenvalue weighted by atomic mass is 79.9. The first-order valence-corrected chi connectivity index (χ1v) is 7.48. The quantitative estimate of drug-likeness (QED) is 0.821. The van der Waals surface area contributed by atoms with Gasteiger partial charge in [0, 0.05) is 30.7 Å². The maximum atomic E-state index is 12.5. The molecular formula is C17H18BrNO2. The molecule has 0 atom stereocenters. The SMILES string of the molecule is COCc1cccc(C(=O)N(C)Cc2ccccc2Br)c1. The minimum atomic E-state index is 0.00343. The molecule has 2 rings (SSSR count). The zero-order valence-electron chi connectivity index (χ0n) is 12.2. The second kappa shape index (κ2) is 7.38. The molecule has 0 unspecified atom stereocenters. The van der Waals surface area contributed by atoms with Crippen LogP contribution in [0.2, 0.25) is 0 Å². The van der Waals surface area contributed by atoms with Crippen molar-refractivity contribution in [3.63, 3.8) is 0 Å². The molecule has 0 aliphatic heterocycles. The summed E-state index contributed by atoms with van der Waals surface area (Å²) in [4.78, 5) is 14.2. The molecule has 0 aromatic heterocycles. The summed E-state index contributed by atoms with van der Waals surface area (Å²) in [5.41, 5.74) is 2.76. The van der Waals surface area contributed by atoms with Crippen molar-refractivity contribution in [1.29, 1.82) is 0 Å². The van der Waals surface area contributed by atoms with E-state index in [1.54, 1.807) is 12.0 Å². The molecule has 0 spiro atoms. The first-order chi connectivity index (χ1) is 10.1. The summed E-state index contributed by atoms with van der Waals surface area (Å²) in [6, 6.07) is 15.5. The van der Waals surface area contributed by atoms with E-state index in [1.807, 2.05) is 55.6 Å². The number of benzene rings is 2. The molecule has 0 aliphatic rings. The van der Waals surface area contributed by atoms with Crippen molar-refractivity contribution in [2.45, 2.75) is 13.2 Å². The van der Waals surface area contributed by atoms with Crippen molar-refractivity contribution < 1.29 is 9.53 Å². The molecule has 0 aliphatic carbocycles. The Labute approximate surface area is 133 Å². The number of carbonyl (C=O) groups is 1. The van der Waals surface area contributed by atoms with Gasteiger partial charge in [-0.2, -0.15) is 0 Å². The van der Waals surface area contributed by atoms with Gasteiger partial charge in [-0.25, -0.2) is 0 Å². The largest absolute Gasteiger partial charge is 0.380 e. The molecule has 0 bridgehead atoms. The lowest BCUT2D eigenvalue weighted by atomic mass is 10.1. The number of methoxy groups -OCH3 is 1. The topological polar surface area (TPSA) is 29.5 Å². The summed E-state index contributed by atoms with van der Waals surface area (Å²) < 4.78 is 6.12. The highest BCUT2D eigenvalue weighted by Crippen LogP contribution is 2.18. The molecule has 3 nitrogen and oxygen atoms in total. The predicted octanol–water partition coefficient (Wildman–Crippen LogP) is 3.87. The summed E-state index contributed by atoms with van der Waals surface area (Å²) in [6.45, 7) is 1.07. The lowest BCUT2D eigenvalue weighted by Crippen LogP contribution is -2.26. The van der Waals surface area contributed by atoms with Crippen molar-refractivity contribution in [3.05, 3.63) is 69.7 Å². The van der Waals surface area contributed by atoms with Crippen LogP contribution in [0.3, 0.4) is 0 Å². The summed E-state index contributed by atoms with van der Waals surface area (Å²) in [5, 5.41) is 0. The number of hydrogen-bond acceptors (Lipinski definition) is 2. The normalized spacial score (nSPS) is 10.4. The molecule has 0 heterocycles. The average Bonchev–Trinajstić information content (AvgIpc) is 2.49. The van der Waals surface area contributed by atoms with Gasteiger partial charge >= 0.3 is 0 Å². The Bertz CT molecular complexity index is 628. The summed E-state index contributed by atoms with van der Waals surface area (Å²) in [7, 11) is 3.46. The van der Waals surface area contributed by atoms with E-state index in [4.69, 9.17) is 4.74 Å². The van der Waals surface area contributed by atoms with Crippen molar-refractivity contribution >= 4 is 21.8 Å². The van der Waals surface area contributed by atoms with E-state index in [0.717, 1.165) is 15.6 Å². The van der Waals surface area contributed by atoms with E-state index >= 15 is 0 Å². The minimum Gasteiger partial charge on any atom is -0.380 e. The van der Waals surface area contributed by atoms with Gasteiger partial charge in [0.15, 0.2) is 0 Å². The van der Waals surface area contributed by atoms with Crippen molar-refractivity contribution in [3.8, 4) is 0 Å². The molecule has 2 aromatic carbocycles. The Kier molecular flexibility index (Phi) is 5.53. The third-order valence-electron chi connectivity index (χ3n) is 3.20. The van der Waals surface area contributed by atoms with Crippen LogP contribution in [0.1, 0.15) is 21.5 Å². The van der Waals surface area contributed by atoms with Crippen LogP contribution in [0.5, 0.6) is 0 Å². The van der Waals surface area contributed by atoms with Crippen molar-refractivity contribution in [1.82, 2.24) is 4.90 Å². The fraction of sp³-hybridized carbons (Fsp3) is 0.235. The Morgan fingerprint density at radius 1 is 1.19 bits per heavy atom. The molecule has 110 valence electrons. The Morgan fingerprint density at radius 2 is 1.95 bits per heavy atom. The van der Waals surface area contributed by atoms with Gasteiger partial charge < -0.3 is 9.64 Å². The maximum absolute atomic E-state index is 12.5. The first-order valence-electron chi connectivity index (χ1n) is 6.68. The van der Waals surface area contributed by atoms with Crippen LogP contribution in [0.15, 0.2) is 53.0 Å². The third kappa shape index (κ3) is 4.16. The second-order valence-corrected chi connectivity index (χ2v) is 5.74. The molecule has 0 saturated carbocycles. The smallest absolute Gasteiger partial charge is 0.253 e. The van der Waals surface area contributed by atoms with Gasteiger partial charge in [-0.15, -0.1) is 0 Å². The summed E-state index contributed by atoms with van der Waals surface area (Å²) >= 11 is 3.51. The zero-order chi connectivity index (χ0) is 15.2. The highest BCUT2D eigenvalue weighted by Gasteiger charge is 2.13. The minimum absolute atomic E-state index is 0.00343. The van der Waals surface area contributed by atoms with Gasteiger partial charge in [-0.05, 0) is 29.3 Å². The van der Waals surface area contributed by atoms with Crippen LogP contribution in [0.4, 0.5) is 0 Å². The standard InChI is InChI=1S/C17H18BrNO2/c1-19(11-15-7-3-4-9-16(15)18)17(20)14-8-5-6-13(10-14)12-21-2/h3-10H,11-12H2,1-2H3. The van der Waals surface area contributed by atoms with E-state index < -0.39 is 0 Å². The van der Waals surface area contributed by atoms with Gasteiger partial charge in [0.05, 0.1) is 6.61 Å². The number of halogens is 1. The van der Waals surface area contributed by atoms with Gasteiger partial charge in [0.1, 0.15) is 0 Å². The lowest BCUT2D eigenvalue weighted by molar-refractivity contribution is 0.0784. The number of nitrogens with zero attached hydrogens (tertiary/aromatic N) is 1. The number of amides is 1. The van der Waals surface area contributed by atoms with E-state index in [9.17, 15) is 4.79 Å². The van der Waals surface area contributed by atoms with Gasteiger partial charge in [-0.3, -0.25) is 4.79 Å². The predicted molar refractivity (Wildman–Crippen MR) is 87.1 cm³/mol. The second-order valence-electron chi connectivity index (χ2n) is 4.89. The zero-order valence-corrected chi connectivity index (χ0v) is 13.8. The molecule has 21 heavy (non-hydrogen) atoms. The highest BCUT2D eigenvalue weighted by molar-refractivity contribution is 9.10. The summed E-state index contributed by atoms with van der Waals surface area (Å²) in [6.07, 6.45) is 0. The van der Waals surface area contributed by atoms with Gasteiger partial charge in [0.25, 0.3) is 5.91 Å². The molecule has 1 amide bonds. The lowest BCUT2D eigenvalue weighted by Gasteiger charge is -2.18. The van der Waals surface area contributed by atoms with Gasteiger partial charge in [0.2, 0.25) is 0 Å². The first kappa shape index (κ1) is 15.7. The number of carbonyl (C=O) groups excluding carboxylic acids is 1. The maximum Gasteiger partial charge on any atom is 0.253 e.